The summed E-state index contributed by atoms with van der Waals surface area (Å²) in [5.74, 6) is -0.665. The summed E-state index contributed by atoms with van der Waals surface area (Å²) in [4.78, 5) is 29.4. The number of hydrogen-bond donors (Lipinski definition) is 2. The lowest BCUT2D eigenvalue weighted by Gasteiger charge is -2.36. The maximum atomic E-state index is 15.0. The molecule has 3 amide bonds. The minimum Gasteiger partial charge on any atom is -0.349 e. The zero-order valence-corrected chi connectivity index (χ0v) is 13.3. The van der Waals surface area contributed by atoms with Crippen LogP contribution < -0.4 is 10.6 Å². The van der Waals surface area contributed by atoms with Gasteiger partial charge in [0.05, 0.1) is 6.54 Å². The number of urea groups is 1. The van der Waals surface area contributed by atoms with Crippen LogP contribution in [0.2, 0.25) is 0 Å². The summed E-state index contributed by atoms with van der Waals surface area (Å²) in [7, 11) is 0. The van der Waals surface area contributed by atoms with Crippen molar-refractivity contribution < 1.29 is 14.0 Å². The third kappa shape index (κ3) is 4.64. The fourth-order valence-electron chi connectivity index (χ4n) is 2.55. The second-order valence-electron chi connectivity index (χ2n) is 5.76. The predicted octanol–water partition coefficient (Wildman–Crippen LogP) is 1.62. The second kappa shape index (κ2) is 7.89. The molecule has 2 N–H and O–H groups in total. The molecule has 0 spiro atoms. The predicted molar refractivity (Wildman–Crippen MR) is 84.4 cm³/mol. The van der Waals surface area contributed by atoms with Gasteiger partial charge in [-0.2, -0.15) is 0 Å². The number of carbonyl (C=O) groups is 2. The Balaban J connectivity index is 1.91. The Hall–Kier alpha value is -2.18. The van der Waals surface area contributed by atoms with Crippen LogP contribution in [0.3, 0.4) is 0 Å². The monoisotopic (exact) mass is 322 g/mol. The highest BCUT2D eigenvalue weighted by Gasteiger charge is 2.43. The van der Waals surface area contributed by atoms with Crippen LogP contribution in [0, 0.1) is 0 Å². The van der Waals surface area contributed by atoms with E-state index in [0.29, 0.717) is 19.5 Å². The normalized spacial score (nSPS) is 20.9. The highest BCUT2D eigenvalue weighted by atomic mass is 19.1. The lowest BCUT2D eigenvalue weighted by atomic mass is 9.94. The summed E-state index contributed by atoms with van der Waals surface area (Å²) in [5.41, 5.74) is -1.18. The Morgan fingerprint density at radius 1 is 1.35 bits per heavy atom. The largest absolute Gasteiger partial charge is 0.349 e. The van der Waals surface area contributed by atoms with E-state index >= 15 is 0 Å². The number of nitrogens with zero attached hydrogens (tertiary/aromatic N) is 2. The van der Waals surface area contributed by atoms with Crippen LogP contribution in [0.25, 0.3) is 0 Å². The van der Waals surface area contributed by atoms with E-state index in [9.17, 15) is 14.0 Å². The Bertz CT molecular complexity index is 540. The molecule has 0 radical (unpaired) electrons. The SMILES string of the molecule is CCCNC(=O)N1CCCC(F)(C(=O)NCc2ccncc2)C1. The van der Waals surface area contributed by atoms with Gasteiger partial charge in [0.2, 0.25) is 5.67 Å². The molecule has 1 aromatic heterocycles. The van der Waals surface area contributed by atoms with Crippen LogP contribution in [0.15, 0.2) is 24.5 Å². The molecule has 23 heavy (non-hydrogen) atoms. The van der Waals surface area contributed by atoms with Gasteiger partial charge in [0.1, 0.15) is 0 Å². The molecule has 0 bridgehead atoms. The molecule has 1 aromatic rings. The van der Waals surface area contributed by atoms with E-state index in [1.54, 1.807) is 24.5 Å². The first-order valence-electron chi connectivity index (χ1n) is 7.94. The van der Waals surface area contributed by atoms with Gasteiger partial charge in [-0.3, -0.25) is 9.78 Å². The Morgan fingerprint density at radius 2 is 2.09 bits per heavy atom. The van der Waals surface area contributed by atoms with E-state index in [0.717, 1.165) is 12.0 Å². The summed E-state index contributed by atoms with van der Waals surface area (Å²) in [5, 5.41) is 5.33. The average molecular weight is 322 g/mol. The van der Waals surface area contributed by atoms with Crippen LogP contribution in [-0.2, 0) is 11.3 Å². The molecule has 0 saturated carbocycles. The quantitative estimate of drug-likeness (QED) is 0.865. The number of hydrogen-bond acceptors (Lipinski definition) is 3. The number of carbonyl (C=O) groups excluding carboxylic acids is 2. The van der Waals surface area contributed by atoms with Crippen LogP contribution in [0.5, 0.6) is 0 Å². The van der Waals surface area contributed by atoms with Gasteiger partial charge in [0.15, 0.2) is 0 Å². The summed E-state index contributed by atoms with van der Waals surface area (Å²) in [6.45, 7) is 3.00. The van der Waals surface area contributed by atoms with Gasteiger partial charge in [-0.1, -0.05) is 6.92 Å². The van der Waals surface area contributed by atoms with Gasteiger partial charge in [-0.05, 0) is 37.0 Å². The molecule has 1 atom stereocenters. The van der Waals surface area contributed by atoms with E-state index in [4.69, 9.17) is 0 Å². The Labute approximate surface area is 135 Å². The Kier molecular flexibility index (Phi) is 5.90. The molecule has 1 unspecified atom stereocenters. The van der Waals surface area contributed by atoms with Crippen molar-refractivity contribution in [2.24, 2.45) is 0 Å². The number of aromatic nitrogens is 1. The fraction of sp³-hybridized carbons (Fsp3) is 0.562. The minimum absolute atomic E-state index is 0.132. The second-order valence-corrected chi connectivity index (χ2v) is 5.76. The van der Waals surface area contributed by atoms with Crippen molar-refractivity contribution >= 4 is 11.9 Å². The van der Waals surface area contributed by atoms with Crippen LogP contribution in [0.4, 0.5) is 9.18 Å². The van der Waals surface area contributed by atoms with E-state index in [-0.39, 0.29) is 25.5 Å². The number of nitrogens with one attached hydrogen (secondary N) is 2. The van der Waals surface area contributed by atoms with Crippen molar-refractivity contribution in [2.45, 2.75) is 38.4 Å². The van der Waals surface area contributed by atoms with Crippen LogP contribution in [-0.4, -0.2) is 47.1 Å². The molecule has 1 saturated heterocycles. The van der Waals surface area contributed by atoms with Gasteiger partial charge in [0, 0.05) is 32.0 Å². The lowest BCUT2D eigenvalue weighted by Crippen LogP contribution is -2.57. The van der Waals surface area contributed by atoms with E-state index in [1.165, 1.54) is 4.90 Å². The van der Waals surface area contributed by atoms with Crippen LogP contribution >= 0.6 is 0 Å². The number of amides is 3. The standard InChI is InChI=1S/C16H23FN4O2/c1-2-7-19-15(23)21-10-3-6-16(17,12-21)14(22)20-11-13-4-8-18-9-5-13/h4-5,8-9H,2-3,6-7,10-12H2,1H3,(H,19,23)(H,20,22). The smallest absolute Gasteiger partial charge is 0.317 e. The van der Waals surface area contributed by atoms with Crippen molar-refractivity contribution in [3.63, 3.8) is 0 Å². The average Bonchev–Trinajstić information content (AvgIpc) is 2.58. The first kappa shape index (κ1) is 17.2. The van der Waals surface area contributed by atoms with Crippen molar-refractivity contribution in [3.05, 3.63) is 30.1 Å². The molecule has 2 rings (SSSR count). The highest BCUT2D eigenvalue weighted by Crippen LogP contribution is 2.25. The van der Waals surface area contributed by atoms with Gasteiger partial charge in [0.25, 0.3) is 5.91 Å². The van der Waals surface area contributed by atoms with Gasteiger partial charge in [-0.25, -0.2) is 9.18 Å². The third-order valence-corrected chi connectivity index (χ3v) is 3.87. The summed E-state index contributed by atoms with van der Waals surface area (Å²) >= 11 is 0. The zero-order chi connectivity index (χ0) is 16.7. The van der Waals surface area contributed by atoms with Crippen molar-refractivity contribution in [1.29, 1.82) is 0 Å². The van der Waals surface area contributed by atoms with E-state index in [2.05, 4.69) is 15.6 Å². The van der Waals surface area contributed by atoms with E-state index in [1.807, 2.05) is 6.92 Å². The molecular weight excluding hydrogens is 299 g/mol. The number of likely N-dealkylation sites (tertiary alicyclic amines) is 1. The number of piperidine rings is 1. The summed E-state index contributed by atoms with van der Waals surface area (Å²) in [6.07, 6.45) is 4.65. The third-order valence-electron chi connectivity index (χ3n) is 3.87. The molecule has 2 heterocycles. The number of rotatable bonds is 5. The number of pyridine rings is 1. The molecule has 1 aliphatic heterocycles. The summed E-state index contributed by atoms with van der Waals surface area (Å²) < 4.78 is 15.0. The molecule has 6 nitrogen and oxygen atoms in total. The molecular formula is C16H23FN4O2. The van der Waals surface area contributed by atoms with E-state index < -0.39 is 11.6 Å². The number of alkyl halides is 1. The lowest BCUT2D eigenvalue weighted by molar-refractivity contribution is -0.136. The summed E-state index contributed by atoms with van der Waals surface area (Å²) in [6, 6.07) is 3.21. The Morgan fingerprint density at radius 3 is 2.78 bits per heavy atom. The molecule has 0 aliphatic carbocycles. The van der Waals surface area contributed by atoms with Gasteiger partial charge < -0.3 is 15.5 Å². The van der Waals surface area contributed by atoms with Crippen molar-refractivity contribution in [3.8, 4) is 0 Å². The first-order valence-corrected chi connectivity index (χ1v) is 7.94. The van der Waals surface area contributed by atoms with Gasteiger partial charge >= 0.3 is 6.03 Å². The maximum absolute atomic E-state index is 15.0. The zero-order valence-electron chi connectivity index (χ0n) is 13.3. The number of halogens is 1. The van der Waals surface area contributed by atoms with Crippen molar-refractivity contribution in [1.82, 2.24) is 20.5 Å². The van der Waals surface area contributed by atoms with Gasteiger partial charge in [-0.15, -0.1) is 0 Å². The fourth-order valence-corrected chi connectivity index (χ4v) is 2.55. The molecule has 7 heteroatoms. The van der Waals surface area contributed by atoms with Crippen LogP contribution in [0.1, 0.15) is 31.7 Å². The molecule has 0 aromatic carbocycles. The van der Waals surface area contributed by atoms with Crippen molar-refractivity contribution in [2.75, 3.05) is 19.6 Å². The first-order chi connectivity index (χ1) is 11.0. The molecule has 1 fully saturated rings. The highest BCUT2D eigenvalue weighted by molar-refractivity contribution is 5.86. The topological polar surface area (TPSA) is 74.3 Å². The molecule has 1 aliphatic rings. The maximum Gasteiger partial charge on any atom is 0.317 e. The molecule has 126 valence electrons. The minimum atomic E-state index is -2.03.